The second-order valence-corrected chi connectivity index (χ2v) is 7.15. The molecule has 3 rings (SSSR count). The number of hydrogen-bond donors (Lipinski definition) is 1. The van der Waals surface area contributed by atoms with E-state index in [0.717, 1.165) is 0 Å². The first-order chi connectivity index (χ1) is 13.5. The molecule has 8 heteroatoms. The topological polar surface area (TPSA) is 67.2 Å². The highest BCUT2D eigenvalue weighted by atomic mass is 35.5. The highest BCUT2D eigenvalue weighted by Gasteiger charge is 2.26. The van der Waals surface area contributed by atoms with Gasteiger partial charge >= 0.3 is 0 Å². The summed E-state index contributed by atoms with van der Waals surface area (Å²) < 4.78 is 1.55. The fourth-order valence-electron chi connectivity index (χ4n) is 3.11. The largest absolute Gasteiger partial charge is 0.352 e. The lowest BCUT2D eigenvalue weighted by Gasteiger charge is -2.29. The molecule has 1 aliphatic rings. The monoisotopic (exact) mass is 418 g/mol. The Morgan fingerprint density at radius 3 is 2.71 bits per heavy atom. The number of halogens is 2. The van der Waals surface area contributed by atoms with Crippen LogP contribution in [0.2, 0.25) is 10.0 Å². The number of fused-ring (bicyclic) bond motifs is 1. The Morgan fingerprint density at radius 1 is 1.25 bits per heavy atom. The molecule has 0 atom stereocenters. The predicted octanol–water partition coefficient (Wildman–Crippen LogP) is 3.53. The van der Waals surface area contributed by atoms with Gasteiger partial charge < -0.3 is 10.2 Å². The molecule has 6 nitrogen and oxygen atoms in total. The summed E-state index contributed by atoms with van der Waals surface area (Å²) in [5, 5.41) is 3.80. The maximum Gasteiger partial charge on any atom is 0.258 e. The van der Waals surface area contributed by atoms with Crippen molar-refractivity contribution in [3.63, 3.8) is 0 Å². The molecule has 1 aromatic carbocycles. The third kappa shape index (κ3) is 3.98. The highest BCUT2D eigenvalue weighted by molar-refractivity contribution is 6.42. The third-order valence-electron chi connectivity index (χ3n) is 4.49. The van der Waals surface area contributed by atoms with E-state index in [1.165, 1.54) is 0 Å². The van der Waals surface area contributed by atoms with Crippen LogP contribution in [0.4, 0.5) is 5.95 Å². The SMILES string of the molecule is C=CCNc1nc2c(c(=O)n1CC=C)CCN(C(=O)c1ccc(Cl)c(Cl)c1)C2. The van der Waals surface area contributed by atoms with Crippen LogP contribution in [0.5, 0.6) is 0 Å². The first-order valence-electron chi connectivity index (χ1n) is 8.78. The first kappa shape index (κ1) is 20.2. The minimum Gasteiger partial charge on any atom is -0.352 e. The van der Waals surface area contributed by atoms with Crippen LogP contribution in [0.3, 0.4) is 0 Å². The quantitative estimate of drug-likeness (QED) is 0.728. The third-order valence-corrected chi connectivity index (χ3v) is 5.23. The molecule has 0 bridgehead atoms. The van der Waals surface area contributed by atoms with E-state index in [1.54, 1.807) is 39.8 Å². The van der Waals surface area contributed by atoms with Crippen molar-refractivity contribution in [3.05, 3.63) is 80.7 Å². The van der Waals surface area contributed by atoms with Crippen molar-refractivity contribution in [2.24, 2.45) is 0 Å². The minimum atomic E-state index is -0.179. The van der Waals surface area contributed by atoms with E-state index in [4.69, 9.17) is 23.2 Å². The molecule has 2 aromatic rings. The Morgan fingerprint density at radius 2 is 2.04 bits per heavy atom. The van der Waals surface area contributed by atoms with E-state index >= 15 is 0 Å². The molecule has 1 amide bonds. The molecular weight excluding hydrogens is 399 g/mol. The summed E-state index contributed by atoms with van der Waals surface area (Å²) >= 11 is 12.0. The van der Waals surface area contributed by atoms with Gasteiger partial charge in [-0.3, -0.25) is 14.2 Å². The zero-order valence-electron chi connectivity index (χ0n) is 15.3. The number of hydrogen-bond acceptors (Lipinski definition) is 4. The van der Waals surface area contributed by atoms with E-state index in [2.05, 4.69) is 23.5 Å². The number of amides is 1. The zero-order chi connectivity index (χ0) is 20.3. The van der Waals surface area contributed by atoms with Gasteiger partial charge in [-0.25, -0.2) is 4.98 Å². The second kappa shape index (κ2) is 8.63. The Bertz CT molecular complexity index is 1000. The first-order valence-corrected chi connectivity index (χ1v) is 9.54. The summed E-state index contributed by atoms with van der Waals surface area (Å²) in [6.45, 7) is 8.87. The average molecular weight is 419 g/mol. The summed E-state index contributed by atoms with van der Waals surface area (Å²) in [6.07, 6.45) is 3.77. The maximum atomic E-state index is 12.9. The normalized spacial score (nSPS) is 13.0. The van der Waals surface area contributed by atoms with E-state index in [1.807, 2.05) is 0 Å². The maximum absolute atomic E-state index is 12.9. The van der Waals surface area contributed by atoms with Gasteiger partial charge in [0.05, 0.1) is 22.3 Å². The van der Waals surface area contributed by atoms with Crippen LogP contribution in [-0.2, 0) is 19.5 Å². The van der Waals surface area contributed by atoms with Crippen molar-refractivity contribution in [3.8, 4) is 0 Å². The van der Waals surface area contributed by atoms with Gasteiger partial charge in [-0.05, 0) is 24.6 Å². The molecule has 1 aliphatic heterocycles. The second-order valence-electron chi connectivity index (χ2n) is 6.34. The number of aromatic nitrogens is 2. The Balaban J connectivity index is 1.93. The van der Waals surface area contributed by atoms with Crippen LogP contribution in [0, 0.1) is 0 Å². The molecule has 0 fully saturated rings. The number of nitrogens with one attached hydrogen (secondary N) is 1. The van der Waals surface area contributed by atoms with Gasteiger partial charge in [-0.2, -0.15) is 0 Å². The molecule has 0 spiro atoms. The molecule has 146 valence electrons. The molecule has 0 unspecified atom stereocenters. The van der Waals surface area contributed by atoms with Crippen LogP contribution in [0.25, 0.3) is 0 Å². The number of carbonyl (C=O) groups is 1. The molecule has 0 saturated carbocycles. The molecule has 0 saturated heterocycles. The molecule has 1 N–H and O–H groups in total. The van der Waals surface area contributed by atoms with E-state index in [0.29, 0.717) is 58.9 Å². The number of carbonyl (C=O) groups excluding carboxylic acids is 1. The summed E-state index contributed by atoms with van der Waals surface area (Å²) in [7, 11) is 0. The summed E-state index contributed by atoms with van der Waals surface area (Å²) in [5.41, 5.74) is 1.56. The van der Waals surface area contributed by atoms with Crippen LogP contribution in [0.1, 0.15) is 21.6 Å². The van der Waals surface area contributed by atoms with Crippen molar-refractivity contribution in [1.29, 1.82) is 0 Å². The fraction of sp³-hybridized carbons (Fsp3) is 0.250. The van der Waals surface area contributed by atoms with E-state index in [9.17, 15) is 9.59 Å². The van der Waals surface area contributed by atoms with Crippen LogP contribution in [-0.4, -0.2) is 33.4 Å². The lowest BCUT2D eigenvalue weighted by Crippen LogP contribution is -2.41. The fourth-order valence-corrected chi connectivity index (χ4v) is 3.41. The number of nitrogens with zero attached hydrogens (tertiary/aromatic N) is 3. The smallest absolute Gasteiger partial charge is 0.258 e. The Kier molecular flexibility index (Phi) is 6.21. The number of rotatable bonds is 6. The van der Waals surface area contributed by atoms with Crippen molar-refractivity contribution < 1.29 is 4.79 Å². The van der Waals surface area contributed by atoms with Crippen LogP contribution in [0.15, 0.2) is 48.3 Å². The van der Waals surface area contributed by atoms with Gasteiger partial charge in [0.2, 0.25) is 5.95 Å². The molecule has 0 radical (unpaired) electrons. The van der Waals surface area contributed by atoms with Gasteiger partial charge in [0.15, 0.2) is 0 Å². The lowest BCUT2D eigenvalue weighted by molar-refractivity contribution is 0.0731. The zero-order valence-corrected chi connectivity index (χ0v) is 16.8. The predicted molar refractivity (Wildman–Crippen MR) is 112 cm³/mol. The van der Waals surface area contributed by atoms with Crippen molar-refractivity contribution in [2.45, 2.75) is 19.5 Å². The molecule has 1 aromatic heterocycles. The number of allylic oxidation sites excluding steroid dienone is 1. The summed E-state index contributed by atoms with van der Waals surface area (Å²) in [6, 6.07) is 4.78. The van der Waals surface area contributed by atoms with Crippen molar-refractivity contribution in [2.75, 3.05) is 18.4 Å². The van der Waals surface area contributed by atoms with Gasteiger partial charge in [0.1, 0.15) is 0 Å². The van der Waals surface area contributed by atoms with E-state index in [-0.39, 0.29) is 18.0 Å². The average Bonchev–Trinajstić information content (AvgIpc) is 2.70. The molecule has 28 heavy (non-hydrogen) atoms. The number of benzene rings is 1. The minimum absolute atomic E-state index is 0.113. The van der Waals surface area contributed by atoms with Crippen LogP contribution < -0.4 is 10.9 Å². The van der Waals surface area contributed by atoms with Crippen molar-refractivity contribution >= 4 is 35.1 Å². The molecule has 0 aliphatic carbocycles. The van der Waals surface area contributed by atoms with Gasteiger partial charge in [0, 0.05) is 30.8 Å². The van der Waals surface area contributed by atoms with Gasteiger partial charge in [-0.15, -0.1) is 13.2 Å². The Hall–Kier alpha value is -2.57. The standard InChI is InChI=1S/C20H20Cl2N4O2/c1-3-8-23-20-24-17-12-25(10-7-14(17)19(28)26(20)9-4-2)18(27)13-5-6-15(21)16(22)11-13/h3-6,11H,1-2,7-10,12H2,(H,23,24). The highest BCUT2D eigenvalue weighted by Crippen LogP contribution is 2.25. The van der Waals surface area contributed by atoms with E-state index < -0.39 is 0 Å². The lowest BCUT2D eigenvalue weighted by atomic mass is 10.0. The van der Waals surface area contributed by atoms with Gasteiger partial charge in [-0.1, -0.05) is 35.4 Å². The summed E-state index contributed by atoms with van der Waals surface area (Å²) in [5.74, 6) is 0.259. The van der Waals surface area contributed by atoms with Crippen LogP contribution >= 0.6 is 23.2 Å². The molecule has 2 heterocycles. The Labute approximate surface area is 173 Å². The molecular formula is C20H20Cl2N4O2. The summed E-state index contributed by atoms with van der Waals surface area (Å²) in [4.78, 5) is 32.0. The number of anilines is 1. The van der Waals surface area contributed by atoms with Gasteiger partial charge in [0.25, 0.3) is 11.5 Å². The van der Waals surface area contributed by atoms with Crippen molar-refractivity contribution in [1.82, 2.24) is 14.5 Å².